The Morgan fingerprint density at radius 3 is 2.68 bits per heavy atom. The molecule has 0 spiro atoms. The van der Waals surface area contributed by atoms with E-state index in [2.05, 4.69) is 9.84 Å². The van der Waals surface area contributed by atoms with Crippen LogP contribution in [-0.4, -0.2) is 38.6 Å². The summed E-state index contributed by atoms with van der Waals surface area (Å²) in [7, 11) is 0. The van der Waals surface area contributed by atoms with Crippen molar-refractivity contribution >= 4 is 11.7 Å². The SMILES string of the molecule is CC(C(=O)O)n1cc([N+](=O)[O-])c(OCC(F)(F)F)n1. The molecule has 1 heterocycles. The number of carboxylic acids is 1. The first-order chi connectivity index (χ1) is 8.61. The second-order valence-electron chi connectivity index (χ2n) is 3.47. The summed E-state index contributed by atoms with van der Waals surface area (Å²) in [5, 5.41) is 22.6. The van der Waals surface area contributed by atoms with Crippen molar-refractivity contribution in [2.24, 2.45) is 0 Å². The number of rotatable bonds is 5. The fourth-order valence-electron chi connectivity index (χ4n) is 1.06. The van der Waals surface area contributed by atoms with E-state index in [1.165, 1.54) is 0 Å². The minimum atomic E-state index is -4.68. The predicted molar refractivity (Wildman–Crippen MR) is 52.8 cm³/mol. The van der Waals surface area contributed by atoms with E-state index in [0.29, 0.717) is 10.9 Å². The summed E-state index contributed by atoms with van der Waals surface area (Å²) in [6, 6.07) is -1.28. The molecule has 1 aromatic heterocycles. The zero-order valence-electron chi connectivity index (χ0n) is 9.42. The van der Waals surface area contributed by atoms with E-state index >= 15 is 0 Å². The van der Waals surface area contributed by atoms with Gasteiger partial charge in [0.15, 0.2) is 6.61 Å². The Hall–Kier alpha value is -2.33. The fraction of sp³-hybridized carbons (Fsp3) is 0.500. The molecule has 0 saturated carbocycles. The Kier molecular flexibility index (Phi) is 3.97. The molecule has 0 fully saturated rings. The molecule has 19 heavy (non-hydrogen) atoms. The molecule has 0 bridgehead atoms. The minimum Gasteiger partial charge on any atom is -0.480 e. The third-order valence-electron chi connectivity index (χ3n) is 2.00. The lowest BCUT2D eigenvalue weighted by atomic mass is 10.3. The monoisotopic (exact) mass is 283 g/mol. The lowest BCUT2D eigenvalue weighted by Gasteiger charge is -2.06. The molecule has 0 radical (unpaired) electrons. The first-order valence-electron chi connectivity index (χ1n) is 4.77. The maximum Gasteiger partial charge on any atom is 0.422 e. The molecule has 0 aliphatic rings. The maximum absolute atomic E-state index is 11.9. The number of hydrogen-bond donors (Lipinski definition) is 1. The number of nitrogens with zero attached hydrogens (tertiary/aromatic N) is 3. The molecule has 8 nitrogen and oxygen atoms in total. The van der Waals surface area contributed by atoms with Crippen LogP contribution in [-0.2, 0) is 4.79 Å². The van der Waals surface area contributed by atoms with Crippen LogP contribution in [0, 0.1) is 10.1 Å². The van der Waals surface area contributed by atoms with Crippen molar-refractivity contribution in [2.75, 3.05) is 6.61 Å². The number of alkyl halides is 3. The largest absolute Gasteiger partial charge is 0.480 e. The van der Waals surface area contributed by atoms with Gasteiger partial charge in [0.05, 0.1) is 4.92 Å². The highest BCUT2D eigenvalue weighted by Crippen LogP contribution is 2.28. The van der Waals surface area contributed by atoms with Gasteiger partial charge in [-0.2, -0.15) is 13.2 Å². The quantitative estimate of drug-likeness (QED) is 0.646. The molecule has 1 aromatic rings. The van der Waals surface area contributed by atoms with Crippen molar-refractivity contribution in [1.82, 2.24) is 9.78 Å². The summed E-state index contributed by atoms with van der Waals surface area (Å²) >= 11 is 0. The molecule has 1 N–H and O–H groups in total. The highest BCUT2D eigenvalue weighted by molar-refractivity contribution is 5.71. The van der Waals surface area contributed by atoms with Gasteiger partial charge in [-0.15, -0.1) is 5.10 Å². The Labute approximate surface area is 103 Å². The number of halogens is 3. The Balaban J connectivity index is 3.02. The molecule has 11 heteroatoms. The van der Waals surface area contributed by atoms with Crippen molar-refractivity contribution < 1.29 is 32.7 Å². The van der Waals surface area contributed by atoms with E-state index in [9.17, 15) is 28.1 Å². The zero-order valence-corrected chi connectivity index (χ0v) is 9.42. The predicted octanol–water partition coefficient (Wildman–Crippen LogP) is 1.38. The number of ether oxygens (including phenoxy) is 1. The van der Waals surface area contributed by atoms with Gasteiger partial charge in [0, 0.05) is 0 Å². The van der Waals surface area contributed by atoms with Crippen LogP contribution in [0.2, 0.25) is 0 Å². The van der Waals surface area contributed by atoms with Crippen molar-refractivity contribution in [3.63, 3.8) is 0 Å². The smallest absolute Gasteiger partial charge is 0.422 e. The number of carboxylic acid groups (broad SMARTS) is 1. The Morgan fingerprint density at radius 2 is 2.26 bits per heavy atom. The Morgan fingerprint density at radius 1 is 1.68 bits per heavy atom. The lowest BCUT2D eigenvalue weighted by molar-refractivity contribution is -0.386. The molecular weight excluding hydrogens is 275 g/mol. The first-order valence-corrected chi connectivity index (χ1v) is 4.77. The van der Waals surface area contributed by atoms with Crippen LogP contribution in [0.1, 0.15) is 13.0 Å². The molecule has 1 atom stereocenters. The standard InChI is InChI=1S/C8H8F3N3O5/c1-4(7(15)16)13-2-5(14(17)18)6(12-13)19-3-8(9,10)11/h2,4H,3H2,1H3,(H,15,16). The van der Waals surface area contributed by atoms with Gasteiger partial charge in [-0.25, -0.2) is 9.48 Å². The molecule has 0 aliphatic heterocycles. The van der Waals surface area contributed by atoms with Gasteiger partial charge in [0.25, 0.3) is 0 Å². The average Bonchev–Trinajstić information content (AvgIpc) is 2.68. The van der Waals surface area contributed by atoms with E-state index in [0.717, 1.165) is 6.92 Å². The second kappa shape index (κ2) is 5.12. The maximum atomic E-state index is 11.9. The summed E-state index contributed by atoms with van der Waals surface area (Å²) in [6.45, 7) is -0.598. The molecule has 106 valence electrons. The summed E-state index contributed by atoms with van der Waals surface area (Å²) in [4.78, 5) is 20.2. The van der Waals surface area contributed by atoms with Crippen LogP contribution in [0.5, 0.6) is 5.88 Å². The topological polar surface area (TPSA) is 107 Å². The van der Waals surface area contributed by atoms with Gasteiger partial charge in [-0.3, -0.25) is 10.1 Å². The van der Waals surface area contributed by atoms with Crippen LogP contribution in [0.3, 0.4) is 0 Å². The highest BCUT2D eigenvalue weighted by Gasteiger charge is 2.32. The van der Waals surface area contributed by atoms with Gasteiger partial charge in [-0.05, 0) is 6.92 Å². The normalized spacial score (nSPS) is 13.1. The van der Waals surface area contributed by atoms with Crippen LogP contribution in [0.4, 0.5) is 18.9 Å². The third kappa shape index (κ3) is 3.82. The lowest BCUT2D eigenvalue weighted by Crippen LogP contribution is -2.20. The number of aliphatic carboxylic acids is 1. The van der Waals surface area contributed by atoms with Gasteiger partial charge in [0.2, 0.25) is 0 Å². The molecular formula is C8H8F3N3O5. The number of nitro groups is 1. The van der Waals surface area contributed by atoms with Crippen molar-refractivity contribution in [3.05, 3.63) is 16.3 Å². The zero-order chi connectivity index (χ0) is 14.8. The second-order valence-corrected chi connectivity index (χ2v) is 3.47. The van der Waals surface area contributed by atoms with Crippen molar-refractivity contribution in [1.29, 1.82) is 0 Å². The van der Waals surface area contributed by atoms with Gasteiger partial charge >= 0.3 is 23.7 Å². The van der Waals surface area contributed by atoms with Crippen LogP contribution < -0.4 is 4.74 Å². The van der Waals surface area contributed by atoms with Gasteiger partial charge in [0.1, 0.15) is 12.2 Å². The number of carbonyl (C=O) groups is 1. The summed E-state index contributed by atoms with van der Waals surface area (Å²) in [5.74, 6) is -2.23. The number of hydrogen-bond acceptors (Lipinski definition) is 5. The van der Waals surface area contributed by atoms with E-state index in [-0.39, 0.29) is 0 Å². The Bertz CT molecular complexity index is 498. The summed E-state index contributed by atoms with van der Waals surface area (Å²) in [6.07, 6.45) is -3.99. The van der Waals surface area contributed by atoms with E-state index in [1.54, 1.807) is 0 Å². The summed E-state index contributed by atoms with van der Waals surface area (Å²) < 4.78 is 40.7. The van der Waals surface area contributed by atoms with Crippen LogP contribution in [0.15, 0.2) is 6.20 Å². The van der Waals surface area contributed by atoms with Gasteiger partial charge in [-0.1, -0.05) is 0 Å². The van der Waals surface area contributed by atoms with E-state index in [1.807, 2.05) is 0 Å². The molecule has 1 unspecified atom stereocenters. The fourth-order valence-corrected chi connectivity index (χ4v) is 1.06. The molecule has 1 rings (SSSR count). The van der Waals surface area contributed by atoms with E-state index < -0.39 is 41.3 Å². The van der Waals surface area contributed by atoms with Gasteiger partial charge < -0.3 is 9.84 Å². The summed E-state index contributed by atoms with van der Waals surface area (Å²) in [5.41, 5.74) is -0.836. The first kappa shape index (κ1) is 14.7. The van der Waals surface area contributed by atoms with E-state index in [4.69, 9.17) is 5.11 Å². The molecule has 0 aliphatic carbocycles. The minimum absolute atomic E-state index is 0.645. The third-order valence-corrected chi connectivity index (χ3v) is 2.00. The molecule has 0 saturated heterocycles. The molecule has 0 amide bonds. The highest BCUT2D eigenvalue weighted by atomic mass is 19.4. The van der Waals surface area contributed by atoms with Crippen molar-refractivity contribution in [3.8, 4) is 5.88 Å². The van der Waals surface area contributed by atoms with Crippen molar-refractivity contribution in [2.45, 2.75) is 19.1 Å². The number of aromatic nitrogens is 2. The van der Waals surface area contributed by atoms with Crippen LogP contribution in [0.25, 0.3) is 0 Å². The van der Waals surface area contributed by atoms with Crippen LogP contribution >= 0.6 is 0 Å². The average molecular weight is 283 g/mol. The molecule has 0 aromatic carbocycles.